The maximum absolute atomic E-state index is 12.9. The SMILES string of the molecule is CN(C)S(=O)(=O)N1CCCN(S(=O)(=O)c2ccccc2)CCC(=O)NCC1. The van der Waals surface area contributed by atoms with E-state index in [1.165, 1.54) is 34.8 Å². The minimum Gasteiger partial charge on any atom is -0.355 e. The van der Waals surface area contributed by atoms with Crippen LogP contribution in [0.5, 0.6) is 0 Å². The highest BCUT2D eigenvalue weighted by Crippen LogP contribution is 2.17. The summed E-state index contributed by atoms with van der Waals surface area (Å²) in [6.45, 7) is 0.652. The second-order valence-corrected chi connectivity index (χ2v) is 10.4. The van der Waals surface area contributed by atoms with Gasteiger partial charge in [-0.3, -0.25) is 4.79 Å². The number of amides is 1. The summed E-state index contributed by atoms with van der Waals surface area (Å²) in [6.07, 6.45) is 0.347. The molecule has 1 saturated heterocycles. The molecule has 0 saturated carbocycles. The van der Waals surface area contributed by atoms with Crippen LogP contribution in [0.15, 0.2) is 35.2 Å². The minimum absolute atomic E-state index is 0.0203. The summed E-state index contributed by atoms with van der Waals surface area (Å²) in [5, 5.41) is 2.65. The molecule has 1 fully saturated rings. The molecule has 152 valence electrons. The molecule has 11 heteroatoms. The average molecular weight is 419 g/mol. The Labute approximate surface area is 161 Å². The molecule has 9 nitrogen and oxygen atoms in total. The van der Waals surface area contributed by atoms with Crippen LogP contribution in [0, 0.1) is 0 Å². The molecule has 1 aliphatic rings. The lowest BCUT2D eigenvalue weighted by atomic mass is 10.3. The molecule has 27 heavy (non-hydrogen) atoms. The summed E-state index contributed by atoms with van der Waals surface area (Å²) in [5.74, 6) is -0.313. The van der Waals surface area contributed by atoms with E-state index in [9.17, 15) is 21.6 Å². The zero-order valence-electron chi connectivity index (χ0n) is 15.5. The van der Waals surface area contributed by atoms with Gasteiger partial charge in [-0.2, -0.15) is 21.3 Å². The molecule has 1 aliphatic heterocycles. The molecule has 0 aromatic heterocycles. The van der Waals surface area contributed by atoms with E-state index in [4.69, 9.17) is 0 Å². The van der Waals surface area contributed by atoms with Gasteiger partial charge < -0.3 is 5.32 Å². The number of hydrogen-bond acceptors (Lipinski definition) is 5. The van der Waals surface area contributed by atoms with E-state index in [0.29, 0.717) is 6.42 Å². The van der Waals surface area contributed by atoms with Crippen LogP contribution in [-0.4, -0.2) is 82.5 Å². The first kappa shape index (κ1) is 21.8. The molecule has 1 aromatic carbocycles. The Morgan fingerprint density at radius 1 is 0.926 bits per heavy atom. The number of hydrogen-bond donors (Lipinski definition) is 1. The molecule has 1 N–H and O–H groups in total. The predicted molar refractivity (Wildman–Crippen MR) is 102 cm³/mol. The first-order valence-electron chi connectivity index (χ1n) is 8.65. The van der Waals surface area contributed by atoms with Crippen molar-refractivity contribution in [1.82, 2.24) is 18.2 Å². The van der Waals surface area contributed by atoms with Crippen molar-refractivity contribution in [3.63, 3.8) is 0 Å². The fraction of sp³-hybridized carbons (Fsp3) is 0.562. The lowest BCUT2D eigenvalue weighted by molar-refractivity contribution is -0.121. The molecular formula is C16H26N4O5S2. The summed E-state index contributed by atoms with van der Waals surface area (Å²) in [4.78, 5) is 12.2. The molecule has 0 spiro atoms. The molecule has 0 bridgehead atoms. The summed E-state index contributed by atoms with van der Waals surface area (Å²) < 4.78 is 54.2. The summed E-state index contributed by atoms with van der Waals surface area (Å²) >= 11 is 0. The van der Waals surface area contributed by atoms with Crippen molar-refractivity contribution < 1.29 is 21.6 Å². The molecular weight excluding hydrogens is 392 g/mol. The van der Waals surface area contributed by atoms with Gasteiger partial charge in [-0.05, 0) is 18.6 Å². The maximum Gasteiger partial charge on any atom is 0.281 e. The third kappa shape index (κ3) is 5.48. The third-order valence-electron chi connectivity index (χ3n) is 4.26. The highest BCUT2D eigenvalue weighted by Gasteiger charge is 2.28. The van der Waals surface area contributed by atoms with Crippen molar-refractivity contribution in [2.24, 2.45) is 0 Å². The highest BCUT2D eigenvalue weighted by atomic mass is 32.2. The Kier molecular flexibility index (Phi) is 7.34. The monoisotopic (exact) mass is 418 g/mol. The number of carbonyl (C=O) groups excluding carboxylic acids is 1. The summed E-state index contributed by atoms with van der Waals surface area (Å²) in [5.41, 5.74) is 0. The van der Waals surface area contributed by atoms with Crippen molar-refractivity contribution in [2.45, 2.75) is 17.7 Å². The van der Waals surface area contributed by atoms with Crippen molar-refractivity contribution in [3.8, 4) is 0 Å². The average Bonchev–Trinajstić information content (AvgIpc) is 2.67. The van der Waals surface area contributed by atoms with Gasteiger partial charge in [0.15, 0.2) is 0 Å². The van der Waals surface area contributed by atoms with E-state index < -0.39 is 20.2 Å². The summed E-state index contributed by atoms with van der Waals surface area (Å²) in [6, 6.07) is 8.00. The van der Waals surface area contributed by atoms with Crippen molar-refractivity contribution >= 4 is 26.1 Å². The van der Waals surface area contributed by atoms with Crippen LogP contribution in [0.2, 0.25) is 0 Å². The van der Waals surface area contributed by atoms with E-state index >= 15 is 0 Å². The Morgan fingerprint density at radius 2 is 1.56 bits per heavy atom. The van der Waals surface area contributed by atoms with Gasteiger partial charge in [0, 0.05) is 53.2 Å². The third-order valence-corrected chi connectivity index (χ3v) is 8.11. The number of nitrogens with zero attached hydrogens (tertiary/aromatic N) is 3. The molecule has 1 heterocycles. The standard InChI is InChI=1S/C16H26N4O5S2/c1-18(2)27(24,25)20-12-6-11-19(13-9-16(21)17-10-14-20)26(22,23)15-7-4-3-5-8-15/h3-5,7-8H,6,9-14H2,1-2H3,(H,17,21). The van der Waals surface area contributed by atoms with Crippen LogP contribution >= 0.6 is 0 Å². The number of rotatable bonds is 4. The summed E-state index contributed by atoms with van der Waals surface area (Å²) in [7, 11) is -4.54. The fourth-order valence-corrected chi connectivity index (χ4v) is 5.37. The topological polar surface area (TPSA) is 107 Å². The molecule has 0 radical (unpaired) electrons. The number of sulfonamides is 1. The number of carbonyl (C=O) groups is 1. The van der Waals surface area contributed by atoms with Crippen LogP contribution in [0.1, 0.15) is 12.8 Å². The van der Waals surface area contributed by atoms with E-state index in [0.717, 1.165) is 4.31 Å². The smallest absolute Gasteiger partial charge is 0.281 e. The van der Waals surface area contributed by atoms with E-state index in [-0.39, 0.29) is 49.9 Å². The molecule has 1 aromatic rings. The predicted octanol–water partition coefficient (Wildman–Crippen LogP) is -0.304. The molecule has 1 amide bonds. The molecule has 0 unspecified atom stereocenters. The number of benzene rings is 1. The lowest BCUT2D eigenvalue weighted by Crippen LogP contribution is -2.44. The zero-order valence-corrected chi connectivity index (χ0v) is 17.2. The second-order valence-electron chi connectivity index (χ2n) is 6.36. The van der Waals surface area contributed by atoms with Crippen LogP contribution < -0.4 is 5.32 Å². The van der Waals surface area contributed by atoms with Gasteiger partial charge in [-0.25, -0.2) is 8.42 Å². The van der Waals surface area contributed by atoms with Gasteiger partial charge in [0.2, 0.25) is 15.9 Å². The van der Waals surface area contributed by atoms with Crippen LogP contribution in [0.25, 0.3) is 0 Å². The van der Waals surface area contributed by atoms with E-state index in [1.807, 2.05) is 0 Å². The van der Waals surface area contributed by atoms with Crippen molar-refractivity contribution in [3.05, 3.63) is 30.3 Å². The van der Waals surface area contributed by atoms with Gasteiger partial charge in [0.25, 0.3) is 10.2 Å². The second kappa shape index (κ2) is 9.11. The quantitative estimate of drug-likeness (QED) is 0.722. The van der Waals surface area contributed by atoms with Gasteiger partial charge >= 0.3 is 0 Å². The maximum atomic E-state index is 12.9. The minimum atomic E-state index is -3.76. The normalized spacial score (nSPS) is 19.4. The van der Waals surface area contributed by atoms with Crippen molar-refractivity contribution in [1.29, 1.82) is 0 Å². The molecule has 0 atom stereocenters. The Balaban J connectivity index is 2.23. The Bertz CT molecular complexity index is 841. The van der Waals surface area contributed by atoms with Gasteiger partial charge in [-0.1, -0.05) is 18.2 Å². The van der Waals surface area contributed by atoms with Crippen LogP contribution in [-0.2, 0) is 25.0 Å². The van der Waals surface area contributed by atoms with Gasteiger partial charge in [-0.15, -0.1) is 0 Å². The molecule has 2 rings (SSSR count). The Morgan fingerprint density at radius 3 is 2.19 bits per heavy atom. The first-order chi connectivity index (χ1) is 12.7. The van der Waals surface area contributed by atoms with Crippen LogP contribution in [0.3, 0.4) is 0 Å². The van der Waals surface area contributed by atoms with E-state index in [2.05, 4.69) is 5.32 Å². The van der Waals surface area contributed by atoms with Gasteiger partial charge in [0.1, 0.15) is 0 Å². The van der Waals surface area contributed by atoms with Crippen LogP contribution in [0.4, 0.5) is 0 Å². The largest absolute Gasteiger partial charge is 0.355 e. The first-order valence-corrected chi connectivity index (χ1v) is 11.5. The Hall–Kier alpha value is -1.53. The zero-order chi connectivity index (χ0) is 20.1. The number of nitrogens with one attached hydrogen (secondary N) is 1. The van der Waals surface area contributed by atoms with Gasteiger partial charge in [0.05, 0.1) is 4.90 Å². The fourth-order valence-electron chi connectivity index (χ4n) is 2.73. The van der Waals surface area contributed by atoms with E-state index in [1.54, 1.807) is 18.2 Å². The van der Waals surface area contributed by atoms with Crippen molar-refractivity contribution in [2.75, 3.05) is 46.8 Å². The lowest BCUT2D eigenvalue weighted by Gasteiger charge is -2.26. The highest BCUT2D eigenvalue weighted by molar-refractivity contribution is 7.89. The molecule has 0 aliphatic carbocycles.